The average molecular weight is 123 g/mol. The summed E-state index contributed by atoms with van der Waals surface area (Å²) in [7, 11) is 0. The van der Waals surface area contributed by atoms with E-state index in [2.05, 4.69) is 18.3 Å². The van der Waals surface area contributed by atoms with Gasteiger partial charge < -0.3 is 5.84 Å². The van der Waals surface area contributed by atoms with Crippen molar-refractivity contribution < 1.29 is 0 Å². The molecular weight excluding hydrogens is 114 g/mol. The van der Waals surface area contributed by atoms with Crippen LogP contribution in [0.2, 0.25) is 0 Å². The predicted octanol–water partition coefficient (Wildman–Crippen LogP) is 0.693. The van der Waals surface area contributed by atoms with Crippen molar-refractivity contribution >= 4 is 11.4 Å². The van der Waals surface area contributed by atoms with Crippen molar-refractivity contribution in [3.63, 3.8) is 0 Å². The van der Waals surface area contributed by atoms with Crippen molar-refractivity contribution in [2.24, 2.45) is 10.9 Å². The Bertz CT molecular complexity index is 167. The molecule has 0 spiro atoms. The molecule has 48 valence electrons. The largest absolute Gasteiger partial charge is 0.323 e. The Kier molecular flexibility index (Phi) is 3.05. The minimum atomic E-state index is 0.188. The number of nitrogens with two attached hydrogens (primary N) is 1. The lowest BCUT2D eigenvalue weighted by molar-refractivity contribution is 1.26. The highest BCUT2D eigenvalue weighted by Gasteiger charge is 1.94. The number of hydrogen-bond acceptors (Lipinski definition) is 3. The molecule has 3 heteroatoms. The van der Waals surface area contributed by atoms with Gasteiger partial charge in [-0.2, -0.15) is 5.10 Å². The van der Waals surface area contributed by atoms with Crippen molar-refractivity contribution in [3.8, 4) is 0 Å². The number of nitrogens with zero attached hydrogens (tertiary/aromatic N) is 1. The molecule has 0 aliphatic heterocycles. The minimum absolute atomic E-state index is 0.188. The number of allylic oxidation sites excluding steroid dienone is 2. The Morgan fingerprint density at radius 2 is 2.00 bits per heavy atom. The summed E-state index contributed by atoms with van der Waals surface area (Å²) in [5.74, 6) is 4.89. The van der Waals surface area contributed by atoms with E-state index in [9.17, 15) is 0 Å². The Balaban J connectivity index is 4.31. The van der Waals surface area contributed by atoms with E-state index in [1.54, 1.807) is 0 Å². The van der Waals surface area contributed by atoms with Crippen LogP contribution in [0.5, 0.6) is 0 Å². The zero-order valence-electron chi connectivity index (χ0n) is 5.09. The number of hydrogen-bond donors (Lipinski definition) is 2. The van der Waals surface area contributed by atoms with Gasteiger partial charge in [0.05, 0.1) is 5.71 Å². The van der Waals surface area contributed by atoms with Crippen LogP contribution in [0.4, 0.5) is 0 Å². The minimum Gasteiger partial charge on any atom is -0.323 e. The summed E-state index contributed by atoms with van der Waals surface area (Å²) < 4.78 is 0. The third-order valence-electron chi connectivity index (χ3n) is 0.813. The second-order valence-electron chi connectivity index (χ2n) is 1.34. The van der Waals surface area contributed by atoms with Gasteiger partial charge in [0, 0.05) is 0 Å². The van der Waals surface area contributed by atoms with Gasteiger partial charge in [0.25, 0.3) is 0 Å². The van der Waals surface area contributed by atoms with E-state index < -0.39 is 0 Å². The summed E-state index contributed by atoms with van der Waals surface area (Å²) in [5, 5.41) is 10.4. The number of nitrogens with one attached hydrogen (secondary N) is 1. The van der Waals surface area contributed by atoms with E-state index in [4.69, 9.17) is 11.3 Å². The summed E-state index contributed by atoms with van der Waals surface area (Å²) in [6, 6.07) is 0. The molecule has 0 aromatic carbocycles. The fourth-order valence-electron chi connectivity index (χ4n) is 0.337. The predicted molar refractivity (Wildman–Crippen MR) is 39.7 cm³/mol. The topological polar surface area (TPSA) is 62.2 Å². The summed E-state index contributed by atoms with van der Waals surface area (Å²) in [6.45, 7) is 6.77. The van der Waals surface area contributed by atoms with E-state index in [1.807, 2.05) is 0 Å². The molecule has 0 aliphatic carbocycles. The third kappa shape index (κ3) is 1.90. The van der Waals surface area contributed by atoms with Gasteiger partial charge in [-0.1, -0.05) is 13.2 Å². The summed E-state index contributed by atoms with van der Waals surface area (Å²) in [5.41, 5.74) is 0.539. The first-order valence-corrected chi connectivity index (χ1v) is 2.38. The molecule has 9 heavy (non-hydrogen) atoms. The van der Waals surface area contributed by atoms with E-state index in [1.165, 1.54) is 12.2 Å². The highest BCUT2D eigenvalue weighted by atomic mass is 15.1. The van der Waals surface area contributed by atoms with Crippen molar-refractivity contribution in [3.05, 3.63) is 25.3 Å². The highest BCUT2D eigenvalue weighted by Crippen LogP contribution is 1.81. The van der Waals surface area contributed by atoms with Gasteiger partial charge in [0.1, 0.15) is 5.71 Å². The standard InChI is InChI=1S/C6H9N3/c1-3-5(7)6(4-2)9-8/h3-4,7H,1-2,8H2/b7-5?,9-6-. The van der Waals surface area contributed by atoms with Crippen LogP contribution in [0.1, 0.15) is 0 Å². The first-order valence-electron chi connectivity index (χ1n) is 2.38. The van der Waals surface area contributed by atoms with Gasteiger partial charge in [0.15, 0.2) is 0 Å². The van der Waals surface area contributed by atoms with Crippen molar-refractivity contribution in [1.82, 2.24) is 0 Å². The summed E-state index contributed by atoms with van der Waals surface area (Å²) >= 11 is 0. The van der Waals surface area contributed by atoms with Crippen LogP contribution in [-0.2, 0) is 0 Å². The van der Waals surface area contributed by atoms with Crippen molar-refractivity contribution in [2.45, 2.75) is 0 Å². The first-order chi connectivity index (χ1) is 4.26. The van der Waals surface area contributed by atoms with Crippen molar-refractivity contribution in [1.29, 1.82) is 5.41 Å². The molecule has 0 saturated carbocycles. The quantitative estimate of drug-likeness (QED) is 0.324. The zero-order valence-corrected chi connectivity index (χ0v) is 5.09. The maximum Gasteiger partial charge on any atom is 0.107 e. The molecular formula is C6H9N3. The molecule has 0 saturated heterocycles. The zero-order chi connectivity index (χ0) is 7.28. The van der Waals surface area contributed by atoms with E-state index in [0.29, 0.717) is 5.71 Å². The van der Waals surface area contributed by atoms with Gasteiger partial charge >= 0.3 is 0 Å². The Labute approximate surface area is 54.1 Å². The molecule has 0 radical (unpaired) electrons. The maximum absolute atomic E-state index is 7.09. The lowest BCUT2D eigenvalue weighted by atomic mass is 10.2. The van der Waals surface area contributed by atoms with Gasteiger partial charge in [-0.3, -0.25) is 5.41 Å². The second kappa shape index (κ2) is 3.60. The molecule has 0 fully saturated rings. The van der Waals surface area contributed by atoms with Crippen LogP contribution in [-0.4, -0.2) is 11.4 Å². The van der Waals surface area contributed by atoms with Gasteiger partial charge in [-0.15, -0.1) is 0 Å². The van der Waals surface area contributed by atoms with Crippen LogP contribution in [0.25, 0.3) is 0 Å². The monoisotopic (exact) mass is 123 g/mol. The van der Waals surface area contributed by atoms with Gasteiger partial charge in [0.2, 0.25) is 0 Å². The molecule has 0 heterocycles. The lowest BCUT2D eigenvalue weighted by Gasteiger charge is -1.91. The SMILES string of the molecule is C=CC(=N)/C(C=C)=N\N. The molecule has 3 nitrogen and oxygen atoms in total. The molecule has 0 amide bonds. The summed E-state index contributed by atoms with van der Waals surface area (Å²) in [4.78, 5) is 0. The average Bonchev–Trinajstić information content (AvgIpc) is 1.90. The van der Waals surface area contributed by atoms with Crippen LogP contribution < -0.4 is 5.84 Å². The Morgan fingerprint density at radius 3 is 2.11 bits per heavy atom. The van der Waals surface area contributed by atoms with E-state index in [0.717, 1.165) is 0 Å². The normalized spacial score (nSPS) is 10.4. The van der Waals surface area contributed by atoms with E-state index in [-0.39, 0.29) is 5.71 Å². The fourth-order valence-corrected chi connectivity index (χ4v) is 0.337. The summed E-state index contributed by atoms with van der Waals surface area (Å²) in [6.07, 6.45) is 2.76. The third-order valence-corrected chi connectivity index (χ3v) is 0.813. The van der Waals surface area contributed by atoms with Crippen LogP contribution in [0.3, 0.4) is 0 Å². The highest BCUT2D eigenvalue weighted by molar-refractivity contribution is 6.48. The van der Waals surface area contributed by atoms with Crippen LogP contribution in [0.15, 0.2) is 30.4 Å². The van der Waals surface area contributed by atoms with Gasteiger partial charge in [-0.05, 0) is 12.2 Å². The second-order valence-corrected chi connectivity index (χ2v) is 1.34. The Hall–Kier alpha value is -1.38. The molecule has 0 bridgehead atoms. The number of hydrazone groups is 1. The molecule has 0 aromatic heterocycles. The molecule has 0 aliphatic rings. The fraction of sp³-hybridized carbons (Fsp3) is 0. The number of rotatable bonds is 3. The first kappa shape index (κ1) is 7.62. The molecule has 0 rings (SSSR count). The Morgan fingerprint density at radius 1 is 1.44 bits per heavy atom. The lowest BCUT2D eigenvalue weighted by Crippen LogP contribution is -2.08. The van der Waals surface area contributed by atoms with E-state index >= 15 is 0 Å². The maximum atomic E-state index is 7.09. The smallest absolute Gasteiger partial charge is 0.107 e. The molecule has 0 aromatic rings. The molecule has 3 N–H and O–H groups in total. The van der Waals surface area contributed by atoms with Gasteiger partial charge in [-0.25, -0.2) is 0 Å². The van der Waals surface area contributed by atoms with Crippen LogP contribution in [0, 0.1) is 5.41 Å². The molecule has 0 atom stereocenters. The van der Waals surface area contributed by atoms with Crippen molar-refractivity contribution in [2.75, 3.05) is 0 Å². The molecule has 0 unspecified atom stereocenters. The van der Waals surface area contributed by atoms with Crippen LogP contribution >= 0.6 is 0 Å².